The van der Waals surface area contributed by atoms with Gasteiger partial charge in [-0.15, -0.1) is 0 Å². The molecule has 2 aliphatic rings. The van der Waals surface area contributed by atoms with Gasteiger partial charge in [-0.1, -0.05) is 23.2 Å². The van der Waals surface area contributed by atoms with Crippen LogP contribution in [0.2, 0.25) is 10.0 Å². The van der Waals surface area contributed by atoms with Gasteiger partial charge in [0.2, 0.25) is 0 Å². The third kappa shape index (κ3) is 4.70. The Balaban J connectivity index is 1.38. The Labute approximate surface area is 155 Å². The maximum absolute atomic E-state index is 6.23. The average Bonchev–Trinajstić information content (AvgIpc) is 3.48. The molecule has 0 spiro atoms. The molecule has 0 radical (unpaired) electrons. The summed E-state index contributed by atoms with van der Waals surface area (Å²) in [5, 5.41) is 0.960. The van der Waals surface area contributed by atoms with E-state index in [1.54, 1.807) is 36.4 Å². The standard InChI is InChI=1S/C18H16Cl2O5/c19-15-5-11(1-3-17(15)23-9-13-7-21-13)25-12-2-4-18(16(20)6-12)24-10-14-8-22-14/h1-6,13-14H,7-10H2/t13-,14-/m0/s1. The smallest absolute Gasteiger partial charge is 0.138 e. The van der Waals surface area contributed by atoms with E-state index in [-0.39, 0.29) is 12.2 Å². The highest BCUT2D eigenvalue weighted by Crippen LogP contribution is 2.35. The van der Waals surface area contributed by atoms with Crippen LogP contribution >= 0.6 is 23.2 Å². The Bertz CT molecular complexity index is 696. The first-order valence-electron chi connectivity index (χ1n) is 7.93. The van der Waals surface area contributed by atoms with Crippen LogP contribution in [0.4, 0.5) is 0 Å². The largest absolute Gasteiger partial charge is 0.489 e. The number of hydrogen-bond acceptors (Lipinski definition) is 5. The van der Waals surface area contributed by atoms with Gasteiger partial charge < -0.3 is 23.7 Å². The van der Waals surface area contributed by atoms with Crippen LogP contribution in [0.5, 0.6) is 23.0 Å². The minimum atomic E-state index is 0.182. The number of rotatable bonds is 8. The normalized spacial score (nSPS) is 20.9. The fourth-order valence-electron chi connectivity index (χ4n) is 2.15. The van der Waals surface area contributed by atoms with Crippen molar-refractivity contribution in [1.29, 1.82) is 0 Å². The predicted octanol–water partition coefficient (Wildman–Crippen LogP) is 4.34. The zero-order valence-electron chi connectivity index (χ0n) is 13.2. The number of ether oxygens (including phenoxy) is 5. The number of epoxide rings is 2. The van der Waals surface area contributed by atoms with Crippen LogP contribution in [-0.2, 0) is 9.47 Å². The first kappa shape index (κ1) is 16.8. The molecular weight excluding hydrogens is 367 g/mol. The summed E-state index contributed by atoms with van der Waals surface area (Å²) in [5.41, 5.74) is 0. The molecule has 2 fully saturated rings. The molecule has 0 N–H and O–H groups in total. The quantitative estimate of drug-likeness (QED) is 0.635. The van der Waals surface area contributed by atoms with Gasteiger partial charge in [0.15, 0.2) is 0 Å². The molecule has 0 aromatic heterocycles. The third-order valence-electron chi connectivity index (χ3n) is 3.70. The predicted molar refractivity (Wildman–Crippen MR) is 93.4 cm³/mol. The van der Waals surface area contributed by atoms with Crippen LogP contribution in [0.15, 0.2) is 36.4 Å². The fourth-order valence-corrected chi connectivity index (χ4v) is 2.60. The van der Waals surface area contributed by atoms with Gasteiger partial charge in [-0.05, 0) is 24.3 Å². The molecule has 132 valence electrons. The minimum Gasteiger partial charge on any atom is -0.489 e. The van der Waals surface area contributed by atoms with Crippen molar-refractivity contribution < 1.29 is 23.7 Å². The average molecular weight is 383 g/mol. The highest BCUT2D eigenvalue weighted by molar-refractivity contribution is 6.32. The molecule has 0 saturated carbocycles. The molecule has 2 aromatic rings. The Morgan fingerprint density at radius 3 is 1.60 bits per heavy atom. The van der Waals surface area contributed by atoms with E-state index in [1.165, 1.54) is 0 Å². The van der Waals surface area contributed by atoms with E-state index in [0.717, 1.165) is 13.2 Å². The van der Waals surface area contributed by atoms with Crippen LogP contribution in [-0.4, -0.2) is 38.6 Å². The number of benzene rings is 2. The summed E-state index contributed by atoms with van der Waals surface area (Å²) in [5.74, 6) is 2.40. The molecule has 2 saturated heterocycles. The van der Waals surface area contributed by atoms with Gasteiger partial charge in [-0.2, -0.15) is 0 Å². The number of hydrogen-bond donors (Lipinski definition) is 0. The Kier molecular flexibility index (Phi) is 4.90. The van der Waals surface area contributed by atoms with E-state index in [9.17, 15) is 0 Å². The molecule has 25 heavy (non-hydrogen) atoms. The van der Waals surface area contributed by atoms with Crippen LogP contribution < -0.4 is 14.2 Å². The van der Waals surface area contributed by atoms with E-state index < -0.39 is 0 Å². The van der Waals surface area contributed by atoms with E-state index in [1.807, 2.05) is 0 Å². The Hall–Kier alpha value is -1.66. The fraction of sp³-hybridized carbons (Fsp3) is 0.333. The molecule has 2 aliphatic heterocycles. The molecule has 0 bridgehead atoms. The second-order valence-corrected chi connectivity index (χ2v) is 6.63. The summed E-state index contributed by atoms with van der Waals surface area (Å²) in [6, 6.07) is 10.5. The molecule has 0 unspecified atom stereocenters. The second kappa shape index (κ2) is 7.30. The Morgan fingerprint density at radius 2 is 1.24 bits per heavy atom. The summed E-state index contributed by atoms with van der Waals surface area (Å²) in [4.78, 5) is 0. The van der Waals surface area contributed by atoms with Gasteiger partial charge in [0.05, 0.1) is 23.3 Å². The van der Waals surface area contributed by atoms with Crippen molar-refractivity contribution in [1.82, 2.24) is 0 Å². The first-order valence-corrected chi connectivity index (χ1v) is 8.69. The topological polar surface area (TPSA) is 52.8 Å². The molecule has 2 atom stereocenters. The summed E-state index contributed by atoms with van der Waals surface area (Å²) in [6.07, 6.45) is 0.364. The lowest BCUT2D eigenvalue weighted by atomic mass is 10.3. The van der Waals surface area contributed by atoms with Crippen molar-refractivity contribution in [3.05, 3.63) is 46.4 Å². The van der Waals surface area contributed by atoms with Gasteiger partial charge in [0.25, 0.3) is 0 Å². The van der Waals surface area contributed by atoms with E-state index in [2.05, 4.69) is 0 Å². The lowest BCUT2D eigenvalue weighted by Crippen LogP contribution is -2.04. The van der Waals surface area contributed by atoms with Crippen LogP contribution in [0.25, 0.3) is 0 Å². The van der Waals surface area contributed by atoms with Gasteiger partial charge in [-0.3, -0.25) is 0 Å². The van der Waals surface area contributed by atoms with Gasteiger partial charge in [-0.25, -0.2) is 0 Å². The molecule has 0 aliphatic carbocycles. The summed E-state index contributed by atoms with van der Waals surface area (Å²) >= 11 is 12.5. The third-order valence-corrected chi connectivity index (χ3v) is 4.29. The van der Waals surface area contributed by atoms with E-state index in [0.29, 0.717) is 46.3 Å². The minimum absolute atomic E-state index is 0.182. The number of halogens is 2. The van der Waals surface area contributed by atoms with E-state index >= 15 is 0 Å². The van der Waals surface area contributed by atoms with Crippen LogP contribution in [0, 0.1) is 0 Å². The van der Waals surface area contributed by atoms with Crippen molar-refractivity contribution in [2.45, 2.75) is 12.2 Å². The summed E-state index contributed by atoms with van der Waals surface area (Å²) in [6.45, 7) is 2.49. The highest BCUT2D eigenvalue weighted by Gasteiger charge is 2.24. The summed E-state index contributed by atoms with van der Waals surface area (Å²) < 4.78 is 27.2. The lowest BCUT2D eigenvalue weighted by Gasteiger charge is -2.11. The zero-order chi connectivity index (χ0) is 17.2. The molecular formula is C18H16Cl2O5. The maximum atomic E-state index is 6.23. The summed E-state index contributed by atoms with van der Waals surface area (Å²) in [7, 11) is 0. The molecule has 0 amide bonds. The zero-order valence-corrected chi connectivity index (χ0v) is 14.8. The van der Waals surface area contributed by atoms with Gasteiger partial charge in [0.1, 0.15) is 48.4 Å². The van der Waals surface area contributed by atoms with Gasteiger partial charge >= 0.3 is 0 Å². The lowest BCUT2D eigenvalue weighted by molar-refractivity contribution is 0.262. The van der Waals surface area contributed by atoms with Crippen LogP contribution in [0.1, 0.15) is 0 Å². The molecule has 2 aromatic carbocycles. The SMILES string of the molecule is Clc1cc(Oc2ccc(OC[C@@H]3CO3)c(Cl)c2)ccc1OC[C@@H]1CO1. The van der Waals surface area contributed by atoms with Crippen molar-refractivity contribution >= 4 is 23.2 Å². The molecule has 2 heterocycles. The van der Waals surface area contributed by atoms with Crippen molar-refractivity contribution in [2.75, 3.05) is 26.4 Å². The van der Waals surface area contributed by atoms with Crippen molar-refractivity contribution in [3.8, 4) is 23.0 Å². The molecule has 5 nitrogen and oxygen atoms in total. The highest BCUT2D eigenvalue weighted by atomic mass is 35.5. The molecule has 4 rings (SSSR count). The first-order chi connectivity index (χ1) is 12.2. The van der Waals surface area contributed by atoms with E-state index in [4.69, 9.17) is 46.9 Å². The second-order valence-electron chi connectivity index (χ2n) is 5.82. The monoisotopic (exact) mass is 382 g/mol. The maximum Gasteiger partial charge on any atom is 0.138 e. The molecule has 7 heteroatoms. The van der Waals surface area contributed by atoms with Crippen molar-refractivity contribution in [2.24, 2.45) is 0 Å². The Morgan fingerprint density at radius 1 is 0.800 bits per heavy atom. The van der Waals surface area contributed by atoms with Crippen LogP contribution in [0.3, 0.4) is 0 Å². The van der Waals surface area contributed by atoms with Crippen molar-refractivity contribution in [3.63, 3.8) is 0 Å². The van der Waals surface area contributed by atoms with Gasteiger partial charge in [0, 0.05) is 12.1 Å².